The van der Waals surface area contributed by atoms with Crippen LogP contribution in [0.3, 0.4) is 0 Å². The average molecular weight is 448 g/mol. The van der Waals surface area contributed by atoms with Crippen LogP contribution in [0.1, 0.15) is 45.6 Å². The minimum absolute atomic E-state index is 0.0483. The van der Waals surface area contributed by atoms with Gasteiger partial charge in [0, 0.05) is 32.7 Å². The minimum Gasteiger partial charge on any atom is -0.484 e. The zero-order valence-corrected chi connectivity index (χ0v) is 19.6. The number of alkyl carbamates (subject to hydrolysis) is 1. The van der Waals surface area contributed by atoms with Crippen molar-refractivity contribution in [2.45, 2.75) is 58.1 Å². The van der Waals surface area contributed by atoms with E-state index < -0.39 is 11.7 Å². The first-order valence-corrected chi connectivity index (χ1v) is 11.2. The van der Waals surface area contributed by atoms with Crippen molar-refractivity contribution in [1.82, 2.24) is 21.3 Å². The molecule has 4 N–H and O–H groups in total. The van der Waals surface area contributed by atoms with Crippen LogP contribution in [0.15, 0.2) is 29.3 Å². The molecule has 0 unspecified atom stereocenters. The maximum absolute atomic E-state index is 11.7. The highest BCUT2D eigenvalue weighted by molar-refractivity contribution is 5.79. The van der Waals surface area contributed by atoms with Gasteiger partial charge < -0.3 is 30.7 Å². The Bertz CT molecular complexity index is 755. The third-order valence-corrected chi connectivity index (χ3v) is 4.48. The summed E-state index contributed by atoms with van der Waals surface area (Å²) in [7, 11) is 1.72. The molecule has 0 heterocycles. The number of ether oxygens (including phenoxy) is 2. The van der Waals surface area contributed by atoms with Crippen LogP contribution in [-0.4, -0.2) is 62.9 Å². The summed E-state index contributed by atoms with van der Waals surface area (Å²) in [5.74, 6) is 1.33. The molecule has 1 fully saturated rings. The molecule has 1 saturated carbocycles. The van der Waals surface area contributed by atoms with Gasteiger partial charge in [0.15, 0.2) is 12.6 Å². The predicted octanol–water partition coefficient (Wildman–Crippen LogP) is 1.97. The number of hydrogen-bond acceptors (Lipinski definition) is 5. The maximum Gasteiger partial charge on any atom is 0.407 e. The Kier molecular flexibility index (Phi) is 10.1. The molecule has 0 radical (unpaired) electrons. The number of benzene rings is 1. The lowest BCUT2D eigenvalue weighted by atomic mass is 10.1. The molecule has 0 aliphatic heterocycles. The van der Waals surface area contributed by atoms with E-state index in [0.717, 1.165) is 37.8 Å². The highest BCUT2D eigenvalue weighted by atomic mass is 16.6. The summed E-state index contributed by atoms with van der Waals surface area (Å²) in [5.41, 5.74) is 0.664. The van der Waals surface area contributed by atoms with Gasteiger partial charge in [-0.2, -0.15) is 0 Å². The Labute approximate surface area is 190 Å². The lowest BCUT2D eigenvalue weighted by molar-refractivity contribution is -0.123. The van der Waals surface area contributed by atoms with E-state index in [2.05, 4.69) is 26.3 Å². The van der Waals surface area contributed by atoms with Gasteiger partial charge in [0.05, 0.1) is 0 Å². The number of carbonyl (C=O) groups is 2. The number of nitrogens with zero attached hydrogens (tertiary/aromatic N) is 1. The molecule has 9 nitrogen and oxygen atoms in total. The zero-order valence-electron chi connectivity index (χ0n) is 19.6. The summed E-state index contributed by atoms with van der Waals surface area (Å²) in [6, 6.07) is 8.10. The van der Waals surface area contributed by atoms with Crippen LogP contribution in [0.5, 0.6) is 5.75 Å². The number of amides is 2. The van der Waals surface area contributed by atoms with Gasteiger partial charge in [-0.05, 0) is 64.2 Å². The minimum atomic E-state index is -0.492. The van der Waals surface area contributed by atoms with E-state index >= 15 is 0 Å². The number of carbonyl (C=O) groups excluding carboxylic acids is 2. The van der Waals surface area contributed by atoms with E-state index in [-0.39, 0.29) is 12.5 Å². The molecule has 1 aromatic rings. The van der Waals surface area contributed by atoms with Crippen molar-refractivity contribution in [3.8, 4) is 5.75 Å². The molecule has 178 valence electrons. The standard InChI is InChI=1S/C23H37N5O4/c1-23(2,3)32-22(30)27-14-5-13-25-21(24-4)26-15-12-17-6-10-19(11-7-17)31-16-20(29)28-18-8-9-18/h6-7,10-11,18H,5,8-9,12-16H2,1-4H3,(H,27,30)(H,28,29)(H2,24,25,26). The molecule has 32 heavy (non-hydrogen) atoms. The number of guanidine groups is 1. The Morgan fingerprint density at radius 3 is 2.31 bits per heavy atom. The first kappa shape index (κ1) is 25.3. The van der Waals surface area contributed by atoms with Crippen LogP contribution in [0.2, 0.25) is 0 Å². The van der Waals surface area contributed by atoms with Gasteiger partial charge in [-0.3, -0.25) is 9.79 Å². The third kappa shape index (κ3) is 11.4. The molecule has 1 aromatic carbocycles. The quantitative estimate of drug-likeness (QED) is 0.234. The molecule has 0 spiro atoms. The van der Waals surface area contributed by atoms with E-state index in [1.165, 1.54) is 0 Å². The van der Waals surface area contributed by atoms with E-state index in [4.69, 9.17) is 9.47 Å². The van der Waals surface area contributed by atoms with Crippen molar-refractivity contribution < 1.29 is 19.1 Å². The number of hydrogen-bond donors (Lipinski definition) is 4. The molecule has 1 aliphatic rings. The van der Waals surface area contributed by atoms with Crippen molar-refractivity contribution >= 4 is 18.0 Å². The normalized spacial score (nSPS) is 13.8. The number of nitrogens with one attached hydrogen (secondary N) is 4. The smallest absolute Gasteiger partial charge is 0.407 e. The molecule has 0 atom stereocenters. The molecular formula is C23H37N5O4. The van der Waals surface area contributed by atoms with E-state index in [1.807, 2.05) is 45.0 Å². The monoisotopic (exact) mass is 447 g/mol. The van der Waals surface area contributed by atoms with Gasteiger partial charge in [0.1, 0.15) is 11.4 Å². The topological polar surface area (TPSA) is 113 Å². The fraction of sp³-hybridized carbons (Fsp3) is 0.609. The third-order valence-electron chi connectivity index (χ3n) is 4.48. The van der Waals surface area contributed by atoms with Crippen molar-refractivity contribution in [3.05, 3.63) is 29.8 Å². The van der Waals surface area contributed by atoms with Crippen molar-refractivity contribution in [2.75, 3.05) is 33.3 Å². The van der Waals surface area contributed by atoms with Gasteiger partial charge in [-0.1, -0.05) is 12.1 Å². The molecule has 9 heteroatoms. The Balaban J connectivity index is 1.56. The van der Waals surface area contributed by atoms with Crippen LogP contribution in [-0.2, 0) is 16.0 Å². The summed E-state index contributed by atoms with van der Waals surface area (Å²) < 4.78 is 10.7. The summed E-state index contributed by atoms with van der Waals surface area (Å²) in [6.07, 6.45) is 3.31. The number of aliphatic imine (C=N–C) groups is 1. The summed E-state index contributed by atoms with van der Waals surface area (Å²) in [4.78, 5) is 27.5. The zero-order chi connectivity index (χ0) is 23.4. The first-order chi connectivity index (χ1) is 15.2. The van der Waals surface area contributed by atoms with E-state index in [0.29, 0.717) is 30.8 Å². The van der Waals surface area contributed by atoms with Crippen molar-refractivity contribution in [2.24, 2.45) is 4.99 Å². The average Bonchev–Trinajstić information content (AvgIpc) is 3.54. The summed E-state index contributed by atoms with van der Waals surface area (Å²) in [6.45, 7) is 7.48. The fourth-order valence-electron chi connectivity index (χ4n) is 2.74. The molecule has 0 bridgehead atoms. The Morgan fingerprint density at radius 1 is 1.03 bits per heavy atom. The molecule has 1 aliphatic carbocycles. The first-order valence-electron chi connectivity index (χ1n) is 11.2. The lowest BCUT2D eigenvalue weighted by Crippen LogP contribution is -2.40. The van der Waals surface area contributed by atoms with Crippen LogP contribution < -0.4 is 26.0 Å². The van der Waals surface area contributed by atoms with Gasteiger partial charge in [0.25, 0.3) is 5.91 Å². The van der Waals surface area contributed by atoms with Crippen LogP contribution in [0, 0.1) is 0 Å². The molecule has 0 saturated heterocycles. The van der Waals surface area contributed by atoms with Crippen molar-refractivity contribution in [1.29, 1.82) is 0 Å². The lowest BCUT2D eigenvalue weighted by Gasteiger charge is -2.19. The number of rotatable bonds is 11. The van der Waals surface area contributed by atoms with Crippen LogP contribution in [0.4, 0.5) is 4.79 Å². The second kappa shape index (κ2) is 12.8. The largest absolute Gasteiger partial charge is 0.484 e. The van der Waals surface area contributed by atoms with E-state index in [1.54, 1.807) is 7.05 Å². The van der Waals surface area contributed by atoms with Gasteiger partial charge >= 0.3 is 6.09 Å². The molecule has 2 amide bonds. The van der Waals surface area contributed by atoms with E-state index in [9.17, 15) is 9.59 Å². The second-order valence-electron chi connectivity index (χ2n) is 8.73. The fourth-order valence-corrected chi connectivity index (χ4v) is 2.74. The summed E-state index contributed by atoms with van der Waals surface area (Å²) >= 11 is 0. The Hall–Kier alpha value is -2.97. The maximum atomic E-state index is 11.7. The predicted molar refractivity (Wildman–Crippen MR) is 125 cm³/mol. The molecule has 0 aromatic heterocycles. The van der Waals surface area contributed by atoms with Crippen LogP contribution in [0.25, 0.3) is 0 Å². The van der Waals surface area contributed by atoms with Crippen molar-refractivity contribution in [3.63, 3.8) is 0 Å². The highest BCUT2D eigenvalue weighted by Gasteiger charge is 2.23. The van der Waals surface area contributed by atoms with Gasteiger partial charge in [-0.25, -0.2) is 4.79 Å². The SMILES string of the molecule is CN=C(NCCCNC(=O)OC(C)(C)C)NCCc1ccc(OCC(=O)NC2CC2)cc1. The molecule has 2 rings (SSSR count). The highest BCUT2D eigenvalue weighted by Crippen LogP contribution is 2.18. The second-order valence-corrected chi connectivity index (χ2v) is 8.73. The summed E-state index contributed by atoms with van der Waals surface area (Å²) in [5, 5.41) is 12.1. The Morgan fingerprint density at radius 2 is 1.69 bits per heavy atom. The molecular weight excluding hydrogens is 410 g/mol. The van der Waals surface area contributed by atoms with Crippen LogP contribution >= 0.6 is 0 Å². The van der Waals surface area contributed by atoms with Gasteiger partial charge in [0.2, 0.25) is 0 Å². The van der Waals surface area contributed by atoms with Gasteiger partial charge in [-0.15, -0.1) is 0 Å².